The molecule has 1 aromatic heterocycles. The molecule has 236 valence electrons. The Kier molecular flexibility index (Phi) is 5.91. The van der Waals surface area contributed by atoms with Crippen LogP contribution in [0.2, 0.25) is 0 Å². The van der Waals surface area contributed by atoms with E-state index >= 15 is 0 Å². The molecule has 8 aromatic carbocycles. The van der Waals surface area contributed by atoms with E-state index in [1.807, 2.05) is 24.3 Å². The molecule has 0 radical (unpaired) electrons. The Balaban J connectivity index is 1.06. The highest BCUT2D eigenvalue weighted by Crippen LogP contribution is 2.64. The van der Waals surface area contributed by atoms with E-state index in [0.29, 0.717) is 0 Å². The molecular formula is C49H30N2. The molecule has 2 aliphatic carbocycles. The SMILES string of the molecule is c1ccc(-c2ccc(-c3ccc(-c4ccc5c6c(ccc5c4)-c4cc5ccccc5cc4C64c5ccccc5-c5ccccc54)cc3)nn2)cc1. The number of fused-ring (bicyclic) bond motifs is 13. The van der Waals surface area contributed by atoms with Crippen molar-refractivity contribution in [2.24, 2.45) is 0 Å². The van der Waals surface area contributed by atoms with Crippen LogP contribution in [-0.2, 0) is 5.41 Å². The minimum atomic E-state index is -0.401. The fraction of sp³-hybridized carbons (Fsp3) is 0.0204. The van der Waals surface area contributed by atoms with Gasteiger partial charge in [0.2, 0.25) is 0 Å². The molecular weight excluding hydrogens is 617 g/mol. The lowest BCUT2D eigenvalue weighted by Crippen LogP contribution is -2.26. The van der Waals surface area contributed by atoms with Gasteiger partial charge in [0.15, 0.2) is 0 Å². The van der Waals surface area contributed by atoms with E-state index < -0.39 is 5.41 Å². The number of aromatic nitrogens is 2. The molecule has 0 unspecified atom stereocenters. The average Bonchev–Trinajstić information content (AvgIpc) is 3.67. The minimum absolute atomic E-state index is 0.401. The van der Waals surface area contributed by atoms with Crippen LogP contribution in [0.3, 0.4) is 0 Å². The van der Waals surface area contributed by atoms with E-state index in [1.54, 1.807) is 0 Å². The Bertz CT molecular complexity index is 2790. The normalized spacial score (nSPS) is 13.3. The zero-order chi connectivity index (χ0) is 33.5. The third-order valence-corrected chi connectivity index (χ3v) is 11.2. The lowest BCUT2D eigenvalue weighted by molar-refractivity contribution is 0.802. The molecule has 0 N–H and O–H groups in total. The fourth-order valence-corrected chi connectivity index (χ4v) is 8.92. The number of rotatable bonds is 3. The first-order valence-electron chi connectivity index (χ1n) is 17.6. The van der Waals surface area contributed by atoms with Gasteiger partial charge in [-0.2, -0.15) is 0 Å². The predicted octanol–water partition coefficient (Wildman–Crippen LogP) is 12.1. The quantitative estimate of drug-likeness (QED) is 0.191. The van der Waals surface area contributed by atoms with Crippen LogP contribution in [0.4, 0.5) is 0 Å². The van der Waals surface area contributed by atoms with Crippen molar-refractivity contribution in [2.75, 3.05) is 0 Å². The Labute approximate surface area is 296 Å². The summed E-state index contributed by atoms with van der Waals surface area (Å²) < 4.78 is 0. The lowest BCUT2D eigenvalue weighted by atomic mass is 9.69. The predicted molar refractivity (Wildman–Crippen MR) is 210 cm³/mol. The van der Waals surface area contributed by atoms with Crippen molar-refractivity contribution in [3.8, 4) is 55.9 Å². The number of benzene rings is 8. The summed E-state index contributed by atoms with van der Waals surface area (Å²) in [6.45, 7) is 0. The lowest BCUT2D eigenvalue weighted by Gasteiger charge is -2.31. The summed E-state index contributed by atoms with van der Waals surface area (Å²) in [7, 11) is 0. The van der Waals surface area contributed by atoms with Crippen LogP contribution in [0.25, 0.3) is 77.4 Å². The van der Waals surface area contributed by atoms with Crippen molar-refractivity contribution >= 4 is 21.5 Å². The number of hydrogen-bond donors (Lipinski definition) is 0. The highest BCUT2D eigenvalue weighted by molar-refractivity contribution is 6.06. The highest BCUT2D eigenvalue weighted by Gasteiger charge is 2.52. The third-order valence-electron chi connectivity index (χ3n) is 11.2. The van der Waals surface area contributed by atoms with Crippen LogP contribution < -0.4 is 0 Å². The number of hydrogen-bond acceptors (Lipinski definition) is 2. The van der Waals surface area contributed by atoms with Crippen LogP contribution in [0.15, 0.2) is 182 Å². The summed E-state index contributed by atoms with van der Waals surface area (Å²) in [4.78, 5) is 0. The molecule has 2 heteroatoms. The highest BCUT2D eigenvalue weighted by atomic mass is 15.1. The van der Waals surface area contributed by atoms with E-state index in [1.165, 1.54) is 77.2 Å². The van der Waals surface area contributed by atoms with Gasteiger partial charge in [-0.25, -0.2) is 0 Å². The van der Waals surface area contributed by atoms with Crippen LogP contribution in [-0.4, -0.2) is 10.2 Å². The standard InChI is InChI=1S/C49H30N2/c1-2-10-32(11-3-1)46-26-27-47(51-50-46)33-20-18-31(19-21-33)36-22-24-38-37(28-36)23-25-41-42-29-34-12-4-5-13-35(34)30-45(42)49(48(38)41)43-16-8-6-14-39(43)40-15-7-9-17-44(40)49/h1-30H. The maximum atomic E-state index is 4.55. The molecule has 0 atom stereocenters. The average molecular weight is 647 g/mol. The van der Waals surface area contributed by atoms with Gasteiger partial charge in [-0.1, -0.05) is 152 Å². The second kappa shape index (κ2) is 10.7. The van der Waals surface area contributed by atoms with Crippen LogP contribution in [0, 0.1) is 0 Å². The van der Waals surface area contributed by atoms with Gasteiger partial charge < -0.3 is 0 Å². The van der Waals surface area contributed by atoms with Gasteiger partial charge in [0.05, 0.1) is 16.8 Å². The molecule has 2 aliphatic rings. The fourth-order valence-electron chi connectivity index (χ4n) is 8.92. The topological polar surface area (TPSA) is 25.8 Å². The van der Waals surface area contributed by atoms with Crippen LogP contribution in [0.1, 0.15) is 22.3 Å². The first kappa shape index (κ1) is 28.2. The maximum Gasteiger partial charge on any atom is 0.0930 e. The second-order valence-electron chi connectivity index (χ2n) is 13.8. The monoisotopic (exact) mass is 646 g/mol. The molecule has 2 nitrogen and oxygen atoms in total. The van der Waals surface area contributed by atoms with Crippen molar-refractivity contribution in [3.05, 3.63) is 204 Å². The Hall–Kier alpha value is -6.64. The zero-order valence-electron chi connectivity index (χ0n) is 27.7. The van der Waals surface area contributed by atoms with E-state index in [2.05, 4.69) is 168 Å². The van der Waals surface area contributed by atoms with Gasteiger partial charge in [-0.15, -0.1) is 10.2 Å². The summed E-state index contributed by atoms with van der Waals surface area (Å²) >= 11 is 0. The minimum Gasteiger partial charge on any atom is -0.150 e. The second-order valence-corrected chi connectivity index (χ2v) is 13.8. The van der Waals surface area contributed by atoms with Gasteiger partial charge >= 0.3 is 0 Å². The summed E-state index contributed by atoms with van der Waals surface area (Å²) in [6.07, 6.45) is 0. The van der Waals surface area contributed by atoms with Gasteiger partial charge in [-0.3, -0.25) is 0 Å². The molecule has 0 amide bonds. The van der Waals surface area contributed by atoms with Crippen molar-refractivity contribution in [1.29, 1.82) is 0 Å². The van der Waals surface area contributed by atoms with E-state index in [9.17, 15) is 0 Å². The molecule has 51 heavy (non-hydrogen) atoms. The molecule has 1 heterocycles. The van der Waals surface area contributed by atoms with Crippen molar-refractivity contribution < 1.29 is 0 Å². The molecule has 0 fully saturated rings. The van der Waals surface area contributed by atoms with Crippen molar-refractivity contribution in [2.45, 2.75) is 5.41 Å². The zero-order valence-corrected chi connectivity index (χ0v) is 27.7. The van der Waals surface area contributed by atoms with Crippen molar-refractivity contribution in [3.63, 3.8) is 0 Å². The Morgan fingerprint density at radius 1 is 0.314 bits per heavy atom. The molecule has 11 rings (SSSR count). The Morgan fingerprint density at radius 3 is 1.57 bits per heavy atom. The smallest absolute Gasteiger partial charge is 0.0930 e. The first-order chi connectivity index (χ1) is 25.3. The molecule has 0 bridgehead atoms. The van der Waals surface area contributed by atoms with Crippen molar-refractivity contribution in [1.82, 2.24) is 10.2 Å². The molecule has 1 spiro atoms. The molecule has 0 saturated carbocycles. The number of nitrogens with zero attached hydrogens (tertiary/aromatic N) is 2. The molecule has 0 saturated heterocycles. The Morgan fingerprint density at radius 2 is 0.882 bits per heavy atom. The van der Waals surface area contributed by atoms with Gasteiger partial charge in [0.25, 0.3) is 0 Å². The van der Waals surface area contributed by atoms with Crippen LogP contribution in [0.5, 0.6) is 0 Å². The van der Waals surface area contributed by atoms with Gasteiger partial charge in [-0.05, 0) is 108 Å². The van der Waals surface area contributed by atoms with Gasteiger partial charge in [0, 0.05) is 11.1 Å². The van der Waals surface area contributed by atoms with E-state index in [0.717, 1.165) is 22.5 Å². The van der Waals surface area contributed by atoms with Crippen LogP contribution >= 0.6 is 0 Å². The van der Waals surface area contributed by atoms with E-state index in [4.69, 9.17) is 0 Å². The summed E-state index contributed by atoms with van der Waals surface area (Å²) in [5, 5.41) is 14.2. The van der Waals surface area contributed by atoms with E-state index in [-0.39, 0.29) is 0 Å². The largest absolute Gasteiger partial charge is 0.150 e. The summed E-state index contributed by atoms with van der Waals surface area (Å²) in [5.41, 5.74) is 16.6. The van der Waals surface area contributed by atoms with Gasteiger partial charge in [0.1, 0.15) is 0 Å². The summed E-state index contributed by atoms with van der Waals surface area (Å²) in [6, 6.07) is 66.4. The molecule has 0 aliphatic heterocycles. The maximum absolute atomic E-state index is 4.55. The third kappa shape index (κ3) is 3.99. The first-order valence-corrected chi connectivity index (χ1v) is 17.6. The molecule has 9 aromatic rings. The summed E-state index contributed by atoms with van der Waals surface area (Å²) in [5.74, 6) is 0.